The molecule has 0 fully saturated rings. The van der Waals surface area contributed by atoms with Gasteiger partial charge in [0.2, 0.25) is 0 Å². The number of benzene rings is 2. The van der Waals surface area contributed by atoms with E-state index >= 15 is 0 Å². The molecule has 0 aliphatic heterocycles. The summed E-state index contributed by atoms with van der Waals surface area (Å²) in [5.41, 5.74) is 7.37. The minimum absolute atomic E-state index is 0.174. The number of amides is 1. The molecule has 7 nitrogen and oxygen atoms in total. The lowest BCUT2D eigenvalue weighted by molar-refractivity contribution is -0.118. The fraction of sp³-hybridized carbons (Fsp3) is 0.280. The molecule has 0 saturated carbocycles. The largest absolute Gasteiger partial charge is 0.490 e. The molecule has 0 aliphatic rings. The van der Waals surface area contributed by atoms with Gasteiger partial charge in [-0.2, -0.15) is 5.10 Å². The highest BCUT2D eigenvalue weighted by molar-refractivity contribution is 14.1. The zero-order chi connectivity index (χ0) is 24.5. The van der Waals surface area contributed by atoms with Crippen molar-refractivity contribution in [1.82, 2.24) is 15.4 Å². The lowest BCUT2D eigenvalue weighted by Gasteiger charge is -2.15. The molecule has 2 aromatic carbocycles. The highest BCUT2D eigenvalue weighted by atomic mass is 127. The molecule has 3 rings (SSSR count). The number of hydrogen-bond acceptors (Lipinski definition) is 7. The molecule has 1 heterocycles. The van der Waals surface area contributed by atoms with Crippen LogP contribution < -0.4 is 14.9 Å². The van der Waals surface area contributed by atoms with E-state index in [0.717, 1.165) is 26.1 Å². The molecule has 0 unspecified atom stereocenters. The second-order valence-corrected chi connectivity index (χ2v) is 9.66. The van der Waals surface area contributed by atoms with Gasteiger partial charge in [-0.25, -0.2) is 15.4 Å². The van der Waals surface area contributed by atoms with E-state index in [0.29, 0.717) is 29.9 Å². The zero-order valence-corrected chi connectivity index (χ0v) is 22.6. The van der Waals surface area contributed by atoms with Crippen molar-refractivity contribution in [2.75, 3.05) is 12.4 Å². The van der Waals surface area contributed by atoms with E-state index in [9.17, 15) is 4.79 Å². The first-order valence-corrected chi connectivity index (χ1v) is 12.8. The van der Waals surface area contributed by atoms with Crippen molar-refractivity contribution >= 4 is 46.5 Å². The third kappa shape index (κ3) is 7.98. The van der Waals surface area contributed by atoms with Gasteiger partial charge in [0.1, 0.15) is 6.61 Å². The number of aryl methyl sites for hydroxylation is 3. The van der Waals surface area contributed by atoms with Gasteiger partial charge in [0.15, 0.2) is 16.7 Å². The molecule has 3 aromatic rings. The van der Waals surface area contributed by atoms with Crippen LogP contribution in [0.25, 0.3) is 0 Å². The van der Waals surface area contributed by atoms with Crippen molar-refractivity contribution in [2.24, 2.45) is 5.10 Å². The number of hydrazone groups is 1. The smallest absolute Gasteiger partial charge is 0.250 e. The van der Waals surface area contributed by atoms with Crippen LogP contribution in [0.1, 0.15) is 35.0 Å². The molecule has 178 valence electrons. The molecule has 1 amide bonds. The van der Waals surface area contributed by atoms with Gasteiger partial charge in [-0.05, 0) is 79.6 Å². The molecule has 1 aromatic heterocycles. The van der Waals surface area contributed by atoms with Gasteiger partial charge >= 0.3 is 0 Å². The molecule has 9 heteroatoms. The fourth-order valence-corrected chi connectivity index (χ4v) is 4.65. The first-order chi connectivity index (χ1) is 16.3. The Morgan fingerprint density at radius 1 is 1.12 bits per heavy atom. The number of thioether (sulfide) groups is 1. The van der Waals surface area contributed by atoms with Crippen LogP contribution in [0.5, 0.6) is 11.5 Å². The average Bonchev–Trinajstić information content (AvgIpc) is 2.77. The Morgan fingerprint density at radius 2 is 1.88 bits per heavy atom. The molecule has 0 bridgehead atoms. The number of carbonyl (C=O) groups excluding carboxylic acids is 1. The van der Waals surface area contributed by atoms with Crippen molar-refractivity contribution in [3.8, 4) is 11.5 Å². The first-order valence-electron chi connectivity index (χ1n) is 10.8. The quantitative estimate of drug-likeness (QED) is 0.115. The maximum Gasteiger partial charge on any atom is 0.250 e. The van der Waals surface area contributed by atoms with Crippen LogP contribution >= 0.6 is 34.4 Å². The summed E-state index contributed by atoms with van der Waals surface area (Å²) >= 11 is 3.49. The van der Waals surface area contributed by atoms with E-state index < -0.39 is 0 Å². The molecular formula is C25H27IN4O3S. The molecule has 0 spiro atoms. The maximum atomic E-state index is 12.2. The molecule has 0 saturated heterocycles. The van der Waals surface area contributed by atoms with Crippen molar-refractivity contribution in [1.29, 1.82) is 0 Å². The second-order valence-electron chi connectivity index (χ2n) is 7.56. The topological polar surface area (TPSA) is 85.7 Å². The minimum atomic E-state index is -0.234. The summed E-state index contributed by atoms with van der Waals surface area (Å²) in [4.78, 5) is 20.8. The van der Waals surface area contributed by atoms with Crippen LogP contribution in [0, 0.1) is 24.3 Å². The molecule has 0 atom stereocenters. The second kappa shape index (κ2) is 12.7. The summed E-state index contributed by atoms with van der Waals surface area (Å²) in [6.45, 7) is 8.74. The average molecular weight is 590 g/mol. The number of nitrogens with zero attached hydrogens (tertiary/aromatic N) is 3. The van der Waals surface area contributed by atoms with Crippen LogP contribution in [0.3, 0.4) is 0 Å². The SMILES string of the molecule is CCOc1cc(/C=N\NC(=O)CSc2nc(C)cc(C)n2)cc(I)c1OCc1cccc(C)c1. The Balaban J connectivity index is 1.61. The van der Waals surface area contributed by atoms with Gasteiger partial charge in [0, 0.05) is 11.4 Å². The van der Waals surface area contributed by atoms with Gasteiger partial charge in [-0.1, -0.05) is 41.6 Å². The highest BCUT2D eigenvalue weighted by Gasteiger charge is 2.12. The van der Waals surface area contributed by atoms with Crippen molar-refractivity contribution in [3.63, 3.8) is 0 Å². The standard InChI is InChI=1S/C25H27IN4O3S/c1-5-32-22-12-20(11-21(26)24(22)33-14-19-8-6-7-16(2)9-19)13-27-30-23(31)15-34-25-28-17(3)10-18(4)29-25/h6-13H,5,14-15H2,1-4H3,(H,30,31)/b27-13-. The summed E-state index contributed by atoms with van der Waals surface area (Å²) in [7, 11) is 0. The van der Waals surface area contributed by atoms with E-state index in [4.69, 9.17) is 9.47 Å². The van der Waals surface area contributed by atoms with Gasteiger partial charge in [-0.15, -0.1) is 0 Å². The number of aromatic nitrogens is 2. The van der Waals surface area contributed by atoms with Crippen LogP contribution in [-0.4, -0.2) is 34.4 Å². The summed E-state index contributed by atoms with van der Waals surface area (Å²) in [5.74, 6) is 1.27. The minimum Gasteiger partial charge on any atom is -0.490 e. The van der Waals surface area contributed by atoms with E-state index in [1.54, 1.807) is 6.21 Å². The predicted molar refractivity (Wildman–Crippen MR) is 144 cm³/mol. The van der Waals surface area contributed by atoms with Gasteiger partial charge in [0.25, 0.3) is 5.91 Å². The van der Waals surface area contributed by atoms with Gasteiger partial charge in [0.05, 0.1) is 22.1 Å². The van der Waals surface area contributed by atoms with E-state index in [1.807, 2.05) is 51.1 Å². The lowest BCUT2D eigenvalue weighted by atomic mass is 10.1. The molecule has 1 N–H and O–H groups in total. The Bertz CT molecular complexity index is 1170. The Morgan fingerprint density at radius 3 is 2.59 bits per heavy atom. The van der Waals surface area contributed by atoms with Crippen LogP contribution in [0.4, 0.5) is 0 Å². The number of rotatable bonds is 10. The Hall–Kier alpha value is -2.66. The number of ether oxygens (including phenoxy) is 2. The van der Waals surface area contributed by atoms with Crippen LogP contribution in [-0.2, 0) is 11.4 Å². The number of halogens is 1. The first kappa shape index (κ1) is 26.0. The van der Waals surface area contributed by atoms with Crippen molar-refractivity contribution < 1.29 is 14.3 Å². The third-order valence-electron chi connectivity index (χ3n) is 4.49. The molecule has 0 radical (unpaired) electrons. The Labute approximate surface area is 217 Å². The van der Waals surface area contributed by atoms with Crippen LogP contribution in [0.15, 0.2) is 52.7 Å². The highest BCUT2D eigenvalue weighted by Crippen LogP contribution is 2.34. The zero-order valence-electron chi connectivity index (χ0n) is 19.6. The summed E-state index contributed by atoms with van der Waals surface area (Å²) in [6.07, 6.45) is 1.59. The monoisotopic (exact) mass is 590 g/mol. The third-order valence-corrected chi connectivity index (χ3v) is 6.14. The normalized spacial score (nSPS) is 11.0. The fourth-order valence-electron chi connectivity index (χ4n) is 3.12. The maximum absolute atomic E-state index is 12.2. The molecule has 34 heavy (non-hydrogen) atoms. The summed E-state index contributed by atoms with van der Waals surface area (Å²) in [6, 6.07) is 13.9. The predicted octanol–water partition coefficient (Wildman–Crippen LogP) is 5.23. The number of nitrogens with one attached hydrogen (secondary N) is 1. The van der Waals surface area contributed by atoms with E-state index in [2.05, 4.69) is 62.1 Å². The van der Waals surface area contributed by atoms with Crippen LogP contribution in [0.2, 0.25) is 0 Å². The lowest BCUT2D eigenvalue weighted by Crippen LogP contribution is -2.19. The van der Waals surface area contributed by atoms with E-state index in [1.165, 1.54) is 17.3 Å². The number of hydrogen-bond donors (Lipinski definition) is 1. The number of carbonyl (C=O) groups is 1. The molecule has 0 aliphatic carbocycles. The summed E-state index contributed by atoms with van der Waals surface area (Å²) in [5, 5.41) is 4.66. The van der Waals surface area contributed by atoms with Gasteiger partial charge < -0.3 is 9.47 Å². The summed E-state index contributed by atoms with van der Waals surface area (Å²) < 4.78 is 12.8. The van der Waals surface area contributed by atoms with E-state index in [-0.39, 0.29) is 11.7 Å². The van der Waals surface area contributed by atoms with Gasteiger partial charge in [-0.3, -0.25) is 4.79 Å². The Kier molecular flexibility index (Phi) is 9.70. The van der Waals surface area contributed by atoms with Crippen molar-refractivity contribution in [2.45, 2.75) is 39.5 Å². The van der Waals surface area contributed by atoms with Crippen molar-refractivity contribution in [3.05, 3.63) is 74.1 Å². The molecular weight excluding hydrogens is 563 g/mol.